The van der Waals surface area contributed by atoms with Crippen LogP contribution in [0.3, 0.4) is 0 Å². The summed E-state index contributed by atoms with van der Waals surface area (Å²) in [5.41, 5.74) is 0.396. The molecule has 0 radical (unpaired) electrons. The highest BCUT2D eigenvalue weighted by Gasteiger charge is 2.19. The largest absolute Gasteiger partial charge is 0.463 e. The average molecular weight is 375 g/mol. The van der Waals surface area contributed by atoms with Gasteiger partial charge in [-0.1, -0.05) is 0 Å². The van der Waals surface area contributed by atoms with Crippen molar-refractivity contribution < 1.29 is 32.7 Å². The molecule has 0 aromatic carbocycles. The molecule has 0 fully saturated rings. The monoisotopic (exact) mass is 375 g/mol. The normalized spacial score (nSPS) is 10.3. The fourth-order valence-electron chi connectivity index (χ4n) is 2.03. The molecule has 0 atom stereocenters. The standard InChI is InChI=1S/C17H13NO7S/c1-22-17(21)14-10(6-8-24-14)9-25-16(20)12-4-5-13(26-12)18-15(19)11-3-2-7-23-11/h2-8H,9H2,1H3,(H,18,19). The lowest BCUT2D eigenvalue weighted by Crippen LogP contribution is -2.09. The number of amides is 1. The molecule has 0 bridgehead atoms. The lowest BCUT2D eigenvalue weighted by Gasteiger charge is -2.03. The smallest absolute Gasteiger partial charge is 0.374 e. The van der Waals surface area contributed by atoms with Crippen LogP contribution >= 0.6 is 11.3 Å². The molecule has 0 unspecified atom stereocenters. The SMILES string of the molecule is COC(=O)c1occc1COC(=O)c1ccc(NC(=O)c2ccco2)s1. The zero-order chi connectivity index (χ0) is 18.5. The van der Waals surface area contributed by atoms with Gasteiger partial charge in [0.15, 0.2) is 5.76 Å². The zero-order valence-corrected chi connectivity index (χ0v) is 14.3. The third kappa shape index (κ3) is 3.83. The molecule has 26 heavy (non-hydrogen) atoms. The Morgan fingerprint density at radius 3 is 2.65 bits per heavy atom. The minimum atomic E-state index is -0.653. The van der Waals surface area contributed by atoms with Gasteiger partial charge in [-0.3, -0.25) is 4.79 Å². The van der Waals surface area contributed by atoms with Crippen molar-refractivity contribution in [3.8, 4) is 0 Å². The second-order valence-electron chi connectivity index (χ2n) is 4.94. The number of esters is 2. The minimum absolute atomic E-state index is 0.0159. The molecule has 0 saturated heterocycles. The number of carbonyl (C=O) groups is 3. The second kappa shape index (κ2) is 7.70. The van der Waals surface area contributed by atoms with Gasteiger partial charge in [-0.2, -0.15) is 0 Å². The van der Waals surface area contributed by atoms with Gasteiger partial charge in [-0.25, -0.2) is 9.59 Å². The maximum Gasteiger partial charge on any atom is 0.374 e. The van der Waals surface area contributed by atoms with Crippen LogP contribution in [-0.2, 0) is 16.1 Å². The van der Waals surface area contributed by atoms with Crippen LogP contribution in [0.1, 0.15) is 36.3 Å². The molecule has 3 aromatic rings. The van der Waals surface area contributed by atoms with Crippen molar-refractivity contribution in [1.82, 2.24) is 0 Å². The summed E-state index contributed by atoms with van der Waals surface area (Å²) in [6.45, 7) is -0.147. The van der Waals surface area contributed by atoms with Gasteiger partial charge in [0.1, 0.15) is 11.5 Å². The highest BCUT2D eigenvalue weighted by molar-refractivity contribution is 7.18. The predicted octanol–water partition coefficient (Wildman–Crippen LogP) is 3.33. The van der Waals surface area contributed by atoms with Crippen LogP contribution in [0.15, 0.2) is 51.7 Å². The van der Waals surface area contributed by atoms with Gasteiger partial charge in [-0.15, -0.1) is 11.3 Å². The molecule has 0 saturated carbocycles. The molecular formula is C17H13NO7S. The summed E-state index contributed by atoms with van der Waals surface area (Å²) < 4.78 is 19.8. The van der Waals surface area contributed by atoms with E-state index in [9.17, 15) is 14.4 Å². The van der Waals surface area contributed by atoms with E-state index in [4.69, 9.17) is 13.6 Å². The molecular weight excluding hydrogens is 362 g/mol. The summed E-state index contributed by atoms with van der Waals surface area (Å²) in [6, 6.07) is 7.76. The molecule has 1 amide bonds. The van der Waals surface area contributed by atoms with Gasteiger partial charge in [0.05, 0.1) is 24.6 Å². The third-order valence-electron chi connectivity index (χ3n) is 3.27. The van der Waals surface area contributed by atoms with E-state index in [1.54, 1.807) is 12.1 Å². The number of carbonyl (C=O) groups excluding carboxylic acids is 3. The molecule has 1 N–H and O–H groups in total. The Labute approximate surface area is 151 Å². The van der Waals surface area contributed by atoms with Crippen LogP contribution < -0.4 is 5.32 Å². The Kier molecular flexibility index (Phi) is 5.18. The van der Waals surface area contributed by atoms with Crippen LogP contribution in [-0.4, -0.2) is 25.0 Å². The van der Waals surface area contributed by atoms with E-state index in [0.717, 1.165) is 11.3 Å². The highest BCUT2D eigenvalue weighted by Crippen LogP contribution is 2.24. The summed E-state index contributed by atoms with van der Waals surface area (Å²) in [7, 11) is 1.23. The van der Waals surface area contributed by atoms with E-state index in [1.807, 2.05) is 0 Å². The second-order valence-corrected chi connectivity index (χ2v) is 6.02. The molecule has 0 aliphatic heterocycles. The first-order chi connectivity index (χ1) is 12.6. The first kappa shape index (κ1) is 17.5. The van der Waals surface area contributed by atoms with Crippen LogP contribution in [0.4, 0.5) is 5.00 Å². The van der Waals surface area contributed by atoms with E-state index >= 15 is 0 Å². The van der Waals surface area contributed by atoms with E-state index < -0.39 is 17.8 Å². The topological polar surface area (TPSA) is 108 Å². The van der Waals surface area contributed by atoms with Gasteiger partial charge in [0.2, 0.25) is 5.76 Å². The molecule has 0 aliphatic carbocycles. The lowest BCUT2D eigenvalue weighted by molar-refractivity contribution is 0.0458. The Morgan fingerprint density at radius 2 is 1.92 bits per heavy atom. The van der Waals surface area contributed by atoms with E-state index in [1.165, 1.54) is 37.8 Å². The van der Waals surface area contributed by atoms with Crippen molar-refractivity contribution in [2.24, 2.45) is 0 Å². The van der Waals surface area contributed by atoms with Crippen molar-refractivity contribution in [3.63, 3.8) is 0 Å². The number of ether oxygens (including phenoxy) is 2. The molecule has 8 nitrogen and oxygen atoms in total. The quantitative estimate of drug-likeness (QED) is 0.658. The predicted molar refractivity (Wildman–Crippen MR) is 90.1 cm³/mol. The maximum atomic E-state index is 12.1. The van der Waals surface area contributed by atoms with Gasteiger partial charge in [0, 0.05) is 5.56 Å². The fourth-order valence-corrected chi connectivity index (χ4v) is 2.83. The van der Waals surface area contributed by atoms with Crippen molar-refractivity contribution in [2.75, 3.05) is 12.4 Å². The number of anilines is 1. The highest BCUT2D eigenvalue weighted by atomic mass is 32.1. The summed E-state index contributed by atoms with van der Waals surface area (Å²) in [6.07, 6.45) is 2.70. The van der Waals surface area contributed by atoms with Crippen LogP contribution in [0.25, 0.3) is 0 Å². The molecule has 3 aromatic heterocycles. The van der Waals surface area contributed by atoms with Gasteiger partial charge < -0.3 is 23.6 Å². The van der Waals surface area contributed by atoms with Crippen LogP contribution in [0, 0.1) is 0 Å². The van der Waals surface area contributed by atoms with E-state index in [-0.39, 0.29) is 18.1 Å². The zero-order valence-electron chi connectivity index (χ0n) is 13.5. The molecule has 0 aliphatic rings. The number of nitrogens with one attached hydrogen (secondary N) is 1. The maximum absolute atomic E-state index is 12.1. The number of rotatable bonds is 6. The van der Waals surface area contributed by atoms with E-state index in [2.05, 4.69) is 10.1 Å². The van der Waals surface area contributed by atoms with Crippen molar-refractivity contribution in [2.45, 2.75) is 6.61 Å². The number of methoxy groups -OCH3 is 1. The Hall–Kier alpha value is -3.33. The number of thiophene rings is 1. The number of hydrogen-bond acceptors (Lipinski definition) is 8. The van der Waals surface area contributed by atoms with Crippen molar-refractivity contribution >= 4 is 34.2 Å². The van der Waals surface area contributed by atoms with Crippen molar-refractivity contribution in [1.29, 1.82) is 0 Å². The van der Waals surface area contributed by atoms with Crippen molar-refractivity contribution in [3.05, 3.63) is 64.8 Å². The number of furan rings is 2. The van der Waals surface area contributed by atoms with Gasteiger partial charge in [-0.05, 0) is 30.3 Å². The third-order valence-corrected chi connectivity index (χ3v) is 4.25. The van der Waals surface area contributed by atoms with Gasteiger partial charge >= 0.3 is 11.9 Å². The summed E-state index contributed by atoms with van der Waals surface area (Å²) in [4.78, 5) is 35.8. The first-order valence-corrected chi connectivity index (χ1v) is 8.16. The Bertz CT molecular complexity index is 923. The molecule has 9 heteroatoms. The van der Waals surface area contributed by atoms with Crippen LogP contribution in [0.5, 0.6) is 0 Å². The van der Waals surface area contributed by atoms with E-state index in [0.29, 0.717) is 15.4 Å². The Morgan fingerprint density at radius 1 is 1.08 bits per heavy atom. The summed E-state index contributed by atoms with van der Waals surface area (Å²) in [5, 5.41) is 3.09. The lowest BCUT2D eigenvalue weighted by atomic mass is 10.2. The summed E-state index contributed by atoms with van der Waals surface area (Å²) >= 11 is 1.06. The van der Waals surface area contributed by atoms with Gasteiger partial charge in [0.25, 0.3) is 5.91 Å². The Balaban J connectivity index is 1.59. The molecule has 3 heterocycles. The minimum Gasteiger partial charge on any atom is -0.463 e. The first-order valence-electron chi connectivity index (χ1n) is 7.35. The fraction of sp³-hybridized carbons (Fsp3) is 0.118. The molecule has 134 valence electrons. The molecule has 3 rings (SSSR count). The van der Waals surface area contributed by atoms with Crippen LogP contribution in [0.2, 0.25) is 0 Å². The molecule has 0 spiro atoms. The average Bonchev–Trinajstić information content (AvgIpc) is 3.39. The number of hydrogen-bond donors (Lipinski definition) is 1. The summed E-state index contributed by atoms with van der Waals surface area (Å²) in [5.74, 6) is -1.51.